The van der Waals surface area contributed by atoms with Crippen molar-refractivity contribution in [2.45, 2.75) is 31.1 Å². The lowest BCUT2D eigenvalue weighted by atomic mass is 9.63. The molecule has 0 radical (unpaired) electrons. The Morgan fingerprint density at radius 2 is 1.71 bits per heavy atom. The largest absolute Gasteiger partial charge is 0.495 e. The van der Waals surface area contributed by atoms with E-state index in [0.717, 1.165) is 18.6 Å². The van der Waals surface area contributed by atoms with E-state index >= 15 is 0 Å². The highest BCUT2D eigenvalue weighted by Gasteiger charge is 2.43. The fourth-order valence-corrected chi connectivity index (χ4v) is 2.86. The van der Waals surface area contributed by atoms with Gasteiger partial charge in [-0.2, -0.15) is 0 Å². The zero-order valence-electron chi connectivity index (χ0n) is 12.1. The van der Waals surface area contributed by atoms with Gasteiger partial charge in [-0.25, -0.2) is 0 Å². The Labute approximate surface area is 131 Å². The lowest BCUT2D eigenvalue weighted by Crippen LogP contribution is -2.53. The minimum Gasteiger partial charge on any atom is -0.495 e. The summed E-state index contributed by atoms with van der Waals surface area (Å²) in [6.07, 6.45) is 2.05. The first-order valence-corrected chi connectivity index (χ1v) is 7.61. The summed E-state index contributed by atoms with van der Waals surface area (Å²) in [6, 6.07) is 17.8. The molecule has 3 rings (SSSR count). The van der Waals surface area contributed by atoms with Crippen molar-refractivity contribution in [2.24, 2.45) is 0 Å². The predicted octanol–water partition coefficient (Wildman–Crippen LogP) is 3.43. The molecule has 0 atom stereocenters. The van der Waals surface area contributed by atoms with Crippen LogP contribution in [0, 0.1) is 0 Å². The second-order valence-corrected chi connectivity index (χ2v) is 6.22. The number of benzene rings is 2. The van der Waals surface area contributed by atoms with E-state index in [2.05, 4.69) is 20.0 Å². The van der Waals surface area contributed by atoms with Crippen LogP contribution in [0.5, 0.6) is 5.75 Å². The third-order valence-electron chi connectivity index (χ3n) is 3.84. The molecule has 21 heavy (non-hydrogen) atoms. The maximum absolute atomic E-state index is 6.13. The van der Waals surface area contributed by atoms with Gasteiger partial charge in [-0.15, -0.1) is 0 Å². The zero-order chi connectivity index (χ0) is 14.7. The summed E-state index contributed by atoms with van der Waals surface area (Å²) in [6.45, 7) is 0.660. The van der Waals surface area contributed by atoms with Gasteiger partial charge in [0.15, 0.2) is 7.85 Å². The van der Waals surface area contributed by atoms with E-state index in [1.807, 2.05) is 42.5 Å². The molecule has 0 bridgehead atoms. The van der Waals surface area contributed by atoms with E-state index in [1.165, 1.54) is 5.56 Å². The van der Waals surface area contributed by atoms with E-state index in [-0.39, 0.29) is 11.6 Å². The molecule has 0 amide bonds. The van der Waals surface area contributed by atoms with Crippen LogP contribution >= 0.6 is 11.6 Å². The molecule has 108 valence electrons. The Morgan fingerprint density at radius 3 is 2.43 bits per heavy atom. The average Bonchev–Trinajstić information content (AvgIpc) is 2.46. The van der Waals surface area contributed by atoms with Crippen LogP contribution in [0.25, 0.3) is 0 Å². The maximum Gasteiger partial charge on any atom is 0.159 e. The lowest BCUT2D eigenvalue weighted by molar-refractivity contribution is -0.0886. The fraction of sp³-hybridized carbons (Fsp3) is 0.294. The Kier molecular flexibility index (Phi) is 4.23. The van der Waals surface area contributed by atoms with Gasteiger partial charge >= 0.3 is 0 Å². The fourth-order valence-electron chi connectivity index (χ4n) is 2.69. The summed E-state index contributed by atoms with van der Waals surface area (Å²) in [4.78, 5) is 0. The van der Waals surface area contributed by atoms with Crippen molar-refractivity contribution >= 4 is 19.4 Å². The maximum atomic E-state index is 6.13. The van der Waals surface area contributed by atoms with Crippen molar-refractivity contribution in [3.63, 3.8) is 0 Å². The molecule has 1 aliphatic rings. The highest BCUT2D eigenvalue weighted by Crippen LogP contribution is 2.38. The van der Waals surface area contributed by atoms with E-state index in [0.29, 0.717) is 11.6 Å². The number of hydrogen-bond donors (Lipinski definition) is 0. The van der Waals surface area contributed by atoms with E-state index in [9.17, 15) is 0 Å². The molecule has 2 aromatic rings. The molecule has 0 N–H and O–H groups in total. The summed E-state index contributed by atoms with van der Waals surface area (Å²) in [5.41, 5.74) is 1.03. The molecule has 0 heterocycles. The summed E-state index contributed by atoms with van der Waals surface area (Å²) in [5, 5.41) is 0.660. The van der Waals surface area contributed by atoms with Crippen molar-refractivity contribution in [3.8, 4) is 5.75 Å². The van der Waals surface area contributed by atoms with Crippen molar-refractivity contribution in [1.29, 1.82) is 0 Å². The molecular weight excluding hydrogens is 282 g/mol. The molecule has 2 aromatic carbocycles. The highest BCUT2D eigenvalue weighted by molar-refractivity contribution is 6.32. The number of hydrogen-bond acceptors (Lipinski definition) is 2. The van der Waals surface area contributed by atoms with Crippen LogP contribution < -0.4 is 4.74 Å². The van der Waals surface area contributed by atoms with Gasteiger partial charge in [0, 0.05) is 12.8 Å². The van der Waals surface area contributed by atoms with Crippen LogP contribution in [0.4, 0.5) is 0 Å². The molecule has 0 spiro atoms. The Balaban J connectivity index is 1.49. The highest BCUT2D eigenvalue weighted by atomic mass is 35.5. The van der Waals surface area contributed by atoms with Gasteiger partial charge in [0.25, 0.3) is 0 Å². The molecule has 1 aliphatic carbocycles. The monoisotopic (exact) mass is 300 g/mol. The van der Waals surface area contributed by atoms with Crippen LogP contribution in [0.2, 0.25) is 5.02 Å². The van der Waals surface area contributed by atoms with E-state index in [4.69, 9.17) is 21.1 Å². The standard InChI is InChI=1S/C17H18BClO2/c18-17(21-16-9-5-4-8-15(16)19)10-14(11-17)20-12-13-6-2-1-3-7-13/h1-9,14H,10-12,18H2. The Morgan fingerprint density at radius 1 is 1.05 bits per heavy atom. The van der Waals surface area contributed by atoms with Crippen molar-refractivity contribution < 1.29 is 9.47 Å². The molecule has 0 saturated heterocycles. The first kappa shape index (κ1) is 14.5. The number of halogens is 1. The smallest absolute Gasteiger partial charge is 0.159 e. The normalized spacial score (nSPS) is 24.3. The summed E-state index contributed by atoms with van der Waals surface area (Å²) >= 11 is 6.13. The minimum absolute atomic E-state index is 0.174. The second-order valence-electron chi connectivity index (χ2n) is 5.81. The van der Waals surface area contributed by atoms with Crippen LogP contribution in [0.1, 0.15) is 18.4 Å². The zero-order valence-corrected chi connectivity index (χ0v) is 12.8. The van der Waals surface area contributed by atoms with E-state index in [1.54, 1.807) is 0 Å². The van der Waals surface area contributed by atoms with Crippen LogP contribution in [0.3, 0.4) is 0 Å². The predicted molar refractivity (Wildman–Crippen MR) is 87.6 cm³/mol. The van der Waals surface area contributed by atoms with Gasteiger partial charge in [-0.3, -0.25) is 0 Å². The summed E-state index contributed by atoms with van der Waals surface area (Å²) in [5.74, 6) is 0.753. The van der Waals surface area contributed by atoms with Gasteiger partial charge in [-0.05, 0) is 17.7 Å². The molecule has 0 unspecified atom stereocenters. The van der Waals surface area contributed by atoms with Gasteiger partial charge < -0.3 is 9.47 Å². The molecule has 1 saturated carbocycles. The molecule has 2 nitrogen and oxygen atoms in total. The summed E-state index contributed by atoms with van der Waals surface area (Å²) in [7, 11) is 2.11. The van der Waals surface area contributed by atoms with Gasteiger partial charge in [0.2, 0.25) is 0 Å². The number of rotatable bonds is 5. The van der Waals surface area contributed by atoms with Gasteiger partial charge in [-0.1, -0.05) is 54.1 Å². The molecule has 1 fully saturated rings. The quantitative estimate of drug-likeness (QED) is 0.788. The van der Waals surface area contributed by atoms with Crippen LogP contribution in [0.15, 0.2) is 54.6 Å². The first-order valence-electron chi connectivity index (χ1n) is 7.24. The van der Waals surface area contributed by atoms with Crippen LogP contribution in [-0.2, 0) is 11.3 Å². The lowest BCUT2D eigenvalue weighted by Gasteiger charge is -2.45. The SMILES string of the molecule is BC1(Oc2ccccc2Cl)CC(OCc2ccccc2)C1. The van der Waals surface area contributed by atoms with Gasteiger partial charge in [0.05, 0.1) is 23.2 Å². The average molecular weight is 301 g/mol. The topological polar surface area (TPSA) is 18.5 Å². The third kappa shape index (κ3) is 3.61. The van der Waals surface area contributed by atoms with Crippen molar-refractivity contribution in [2.75, 3.05) is 0 Å². The molecular formula is C17H18BClO2. The first-order chi connectivity index (χ1) is 10.1. The number of para-hydroxylation sites is 1. The molecule has 0 aromatic heterocycles. The van der Waals surface area contributed by atoms with Crippen molar-refractivity contribution in [3.05, 3.63) is 65.2 Å². The minimum atomic E-state index is -0.174. The Bertz CT molecular complexity index is 597. The van der Waals surface area contributed by atoms with E-state index < -0.39 is 0 Å². The van der Waals surface area contributed by atoms with Crippen molar-refractivity contribution in [1.82, 2.24) is 0 Å². The third-order valence-corrected chi connectivity index (χ3v) is 4.15. The van der Waals surface area contributed by atoms with Crippen LogP contribution in [-0.4, -0.2) is 19.5 Å². The molecule has 0 aliphatic heterocycles. The Hall–Kier alpha value is -1.45. The second kappa shape index (κ2) is 6.12. The van der Waals surface area contributed by atoms with Gasteiger partial charge in [0.1, 0.15) is 5.75 Å². The number of ether oxygens (including phenoxy) is 2. The summed E-state index contributed by atoms with van der Waals surface area (Å²) < 4.78 is 12.0. The molecule has 4 heteroatoms.